The van der Waals surface area contributed by atoms with Crippen LogP contribution in [0.3, 0.4) is 0 Å². The van der Waals surface area contributed by atoms with Crippen LogP contribution in [0.15, 0.2) is 64.5 Å². The summed E-state index contributed by atoms with van der Waals surface area (Å²) in [5.74, 6) is 0.788. The third kappa shape index (κ3) is 2.16. The second-order valence-corrected chi connectivity index (χ2v) is 12.3. The molecule has 7 heteroatoms. The first-order valence-corrected chi connectivity index (χ1v) is 12.9. The second-order valence-electron chi connectivity index (χ2n) is 6.92. The maximum atomic E-state index is 13.4. The molecule has 5 nitrogen and oxygen atoms in total. The third-order valence-corrected chi connectivity index (χ3v) is 10.3. The molecule has 0 bridgehead atoms. The molecule has 0 spiro atoms. The monoisotopic (exact) mass is 444 g/mol. The van der Waals surface area contributed by atoms with E-state index in [1.165, 1.54) is 0 Å². The van der Waals surface area contributed by atoms with Gasteiger partial charge in [-0.05, 0) is 0 Å². The standard InChI is InChI=1S/C20H16N2O3SSe/c1-12(2)13-8-9-17-14(11-13)22-19-15(5-3-7-18(19)27(17,24)25)26(23)16-6-4-10-21-20(16)22/h3-12H,1-2H3. The molecule has 1 unspecified atom stereocenters. The molecular weight excluding hydrogens is 427 g/mol. The van der Waals surface area contributed by atoms with Gasteiger partial charge in [0.1, 0.15) is 0 Å². The molecule has 0 aliphatic carbocycles. The van der Waals surface area contributed by atoms with Crippen molar-refractivity contribution in [1.82, 2.24) is 4.98 Å². The van der Waals surface area contributed by atoms with E-state index in [0.717, 1.165) is 5.56 Å². The fraction of sp³-hybridized carbons (Fsp3) is 0.150. The summed E-state index contributed by atoms with van der Waals surface area (Å²) < 4.78 is 40.4. The number of anilines is 3. The van der Waals surface area contributed by atoms with Gasteiger partial charge in [-0.25, -0.2) is 0 Å². The van der Waals surface area contributed by atoms with Gasteiger partial charge in [0.05, 0.1) is 0 Å². The van der Waals surface area contributed by atoms with Gasteiger partial charge < -0.3 is 0 Å². The van der Waals surface area contributed by atoms with Gasteiger partial charge in [0.15, 0.2) is 0 Å². The van der Waals surface area contributed by atoms with Crippen molar-refractivity contribution in [2.75, 3.05) is 4.90 Å². The van der Waals surface area contributed by atoms with Crippen molar-refractivity contribution in [3.05, 3.63) is 60.3 Å². The molecule has 3 heterocycles. The first-order chi connectivity index (χ1) is 12.9. The number of rotatable bonds is 1. The van der Waals surface area contributed by atoms with Crippen molar-refractivity contribution < 1.29 is 11.9 Å². The van der Waals surface area contributed by atoms with E-state index in [1.807, 2.05) is 17.0 Å². The summed E-state index contributed by atoms with van der Waals surface area (Å²) in [6, 6.07) is 14.1. The minimum atomic E-state index is -4.62. The number of nitrogens with zero attached hydrogens (tertiary/aromatic N) is 2. The molecule has 0 N–H and O–H groups in total. The van der Waals surface area contributed by atoms with Crippen LogP contribution in [0.4, 0.5) is 17.2 Å². The molecule has 5 rings (SSSR count). The summed E-state index contributed by atoms with van der Waals surface area (Å²) in [6.45, 7) is 4.14. The number of benzene rings is 2. The van der Waals surface area contributed by atoms with Gasteiger partial charge in [-0.3, -0.25) is 0 Å². The number of hydrogen-bond acceptors (Lipinski definition) is 5. The molecule has 0 radical (unpaired) electrons. The average molecular weight is 443 g/mol. The Labute approximate surface area is 161 Å². The van der Waals surface area contributed by atoms with E-state index in [4.69, 9.17) is 0 Å². The molecular formula is C20H16N2O3SSe. The summed E-state index contributed by atoms with van der Waals surface area (Å²) in [7, 11) is -1.47. The Hall–Kier alpha value is -2.34. The number of fused-ring (bicyclic) bond motifs is 4. The van der Waals surface area contributed by atoms with E-state index in [0.29, 0.717) is 31.4 Å². The summed E-state index contributed by atoms with van der Waals surface area (Å²) in [6.07, 6.45) is 1.64. The van der Waals surface area contributed by atoms with Gasteiger partial charge in [0.25, 0.3) is 0 Å². The normalized spacial score (nSPS) is 18.6. The van der Waals surface area contributed by atoms with Crippen LogP contribution in [0, 0.1) is 0 Å². The van der Waals surface area contributed by atoms with E-state index in [-0.39, 0.29) is 10.4 Å². The number of para-hydroxylation sites is 1. The molecule has 3 aromatic rings. The molecule has 1 atom stereocenters. The maximum absolute atomic E-state index is 13.4. The average Bonchev–Trinajstić information content (AvgIpc) is 2.67. The summed E-state index contributed by atoms with van der Waals surface area (Å²) in [4.78, 5) is 7.44. The Morgan fingerprint density at radius 3 is 2.56 bits per heavy atom. The summed E-state index contributed by atoms with van der Waals surface area (Å²) >= 11 is -4.62. The molecule has 0 fully saturated rings. The Morgan fingerprint density at radius 2 is 1.78 bits per heavy atom. The molecule has 2 aromatic carbocycles. The second kappa shape index (κ2) is 5.58. The summed E-state index contributed by atoms with van der Waals surface area (Å²) in [5.41, 5.74) is 2.13. The van der Waals surface area contributed by atoms with Gasteiger partial charge in [-0.2, -0.15) is 0 Å². The fourth-order valence-electron chi connectivity index (χ4n) is 3.66. The molecule has 27 heavy (non-hydrogen) atoms. The van der Waals surface area contributed by atoms with Crippen molar-refractivity contribution in [1.29, 1.82) is 0 Å². The molecule has 2 aliphatic rings. The van der Waals surface area contributed by atoms with Crippen LogP contribution in [0.2, 0.25) is 0 Å². The molecule has 0 saturated heterocycles. The van der Waals surface area contributed by atoms with Gasteiger partial charge in [0, 0.05) is 0 Å². The number of aromatic nitrogens is 1. The van der Waals surface area contributed by atoms with Crippen LogP contribution < -0.4 is 13.8 Å². The van der Waals surface area contributed by atoms with Crippen molar-refractivity contribution in [3.63, 3.8) is 0 Å². The molecule has 1 aromatic heterocycles. The van der Waals surface area contributed by atoms with Crippen LogP contribution >= 0.6 is 0 Å². The predicted octanol–water partition coefficient (Wildman–Crippen LogP) is 2.89. The zero-order valence-electron chi connectivity index (χ0n) is 14.7. The van der Waals surface area contributed by atoms with Crippen molar-refractivity contribution in [2.24, 2.45) is 0 Å². The Kier molecular flexibility index (Phi) is 3.47. The van der Waals surface area contributed by atoms with Crippen molar-refractivity contribution >= 4 is 49.6 Å². The van der Waals surface area contributed by atoms with Crippen LogP contribution in [0.5, 0.6) is 0 Å². The van der Waals surface area contributed by atoms with Crippen molar-refractivity contribution in [2.45, 2.75) is 29.6 Å². The van der Waals surface area contributed by atoms with Gasteiger partial charge in [0.2, 0.25) is 0 Å². The molecule has 2 aliphatic heterocycles. The van der Waals surface area contributed by atoms with Crippen LogP contribution in [0.25, 0.3) is 0 Å². The van der Waals surface area contributed by atoms with Gasteiger partial charge in [-0.15, -0.1) is 0 Å². The van der Waals surface area contributed by atoms with Gasteiger partial charge >= 0.3 is 161 Å². The minimum absolute atomic E-state index is 0.248. The van der Waals surface area contributed by atoms with E-state index < -0.39 is 23.5 Å². The van der Waals surface area contributed by atoms with Crippen LogP contribution in [-0.2, 0) is 18.5 Å². The SMILES string of the molecule is CC(C)c1ccc2c(c1)N1c3ncccc3S(=O)c3cccc(c31)[Se]2(=O)=O. The fourth-order valence-corrected chi connectivity index (χ4v) is 8.54. The Bertz CT molecular complexity index is 1250. The first kappa shape index (κ1) is 16.8. The van der Waals surface area contributed by atoms with E-state index in [2.05, 4.69) is 18.8 Å². The Balaban J connectivity index is 1.95. The van der Waals surface area contributed by atoms with Crippen LogP contribution in [-0.4, -0.2) is 21.9 Å². The third-order valence-electron chi connectivity index (χ3n) is 5.02. The predicted molar refractivity (Wildman–Crippen MR) is 104 cm³/mol. The Morgan fingerprint density at radius 1 is 1.00 bits per heavy atom. The first-order valence-electron chi connectivity index (χ1n) is 8.60. The van der Waals surface area contributed by atoms with Crippen molar-refractivity contribution in [3.8, 4) is 0 Å². The zero-order chi connectivity index (χ0) is 18.9. The quantitative estimate of drug-likeness (QED) is 0.373. The van der Waals surface area contributed by atoms with E-state index in [1.54, 1.807) is 42.6 Å². The van der Waals surface area contributed by atoms with E-state index in [9.17, 15) is 11.9 Å². The van der Waals surface area contributed by atoms with Crippen LogP contribution in [0.1, 0.15) is 25.3 Å². The molecule has 0 saturated carbocycles. The number of pyridine rings is 1. The topological polar surface area (TPSA) is 67.3 Å². The summed E-state index contributed by atoms with van der Waals surface area (Å²) in [5, 5.41) is 0. The number of hydrogen-bond donors (Lipinski definition) is 0. The zero-order valence-corrected chi connectivity index (χ0v) is 17.2. The van der Waals surface area contributed by atoms with Gasteiger partial charge in [-0.1, -0.05) is 0 Å². The van der Waals surface area contributed by atoms with E-state index >= 15 is 0 Å². The molecule has 0 amide bonds. The molecule has 136 valence electrons.